The van der Waals surface area contributed by atoms with Crippen molar-refractivity contribution >= 4 is 17.5 Å². The molecule has 0 saturated carbocycles. The number of methoxy groups -OCH3 is 2. The molecule has 2 rings (SSSR count). The molecule has 0 unspecified atom stereocenters. The van der Waals surface area contributed by atoms with Crippen LogP contribution in [0.4, 0.5) is 5.69 Å². The summed E-state index contributed by atoms with van der Waals surface area (Å²) in [5.41, 5.74) is 6.00. The Morgan fingerprint density at radius 1 is 1.17 bits per heavy atom. The van der Waals surface area contributed by atoms with Gasteiger partial charge in [0.25, 0.3) is 11.8 Å². The molecule has 1 heterocycles. The summed E-state index contributed by atoms with van der Waals surface area (Å²) in [4.78, 5) is 26.0. The molecule has 1 aromatic carbocycles. The van der Waals surface area contributed by atoms with Crippen LogP contribution in [0.3, 0.4) is 0 Å². The summed E-state index contributed by atoms with van der Waals surface area (Å²) < 4.78 is 17.7. The number of amides is 2. The molecular weight excluding hydrogens is 390 g/mol. The van der Waals surface area contributed by atoms with Crippen molar-refractivity contribution in [3.05, 3.63) is 30.1 Å². The Bertz CT molecular complexity index is 838. The maximum Gasteiger partial charge on any atom is 0.256 e. The Hall–Kier alpha value is -3.27. The highest BCUT2D eigenvalue weighted by Crippen LogP contribution is 2.38. The average molecular weight is 419 g/mol. The predicted molar refractivity (Wildman–Crippen MR) is 112 cm³/mol. The SMILES string of the molecule is CCN(CC)CCn1cc(NC(=O)c2cc(OC)c(OCC(N)=O)c(OC)c2)cn1. The normalized spacial score (nSPS) is 10.7. The van der Waals surface area contributed by atoms with Crippen molar-refractivity contribution in [1.29, 1.82) is 0 Å². The molecule has 0 radical (unpaired) electrons. The van der Waals surface area contributed by atoms with Crippen LogP contribution in [-0.4, -0.2) is 67.0 Å². The lowest BCUT2D eigenvalue weighted by Gasteiger charge is -2.17. The first-order valence-corrected chi connectivity index (χ1v) is 9.65. The fourth-order valence-electron chi connectivity index (χ4n) is 2.83. The van der Waals surface area contributed by atoms with Crippen LogP contribution in [0.1, 0.15) is 24.2 Å². The van der Waals surface area contributed by atoms with E-state index in [2.05, 4.69) is 29.2 Å². The van der Waals surface area contributed by atoms with Crippen molar-refractivity contribution in [2.24, 2.45) is 5.73 Å². The summed E-state index contributed by atoms with van der Waals surface area (Å²) >= 11 is 0. The van der Waals surface area contributed by atoms with Gasteiger partial charge in [-0.3, -0.25) is 14.3 Å². The van der Waals surface area contributed by atoms with Gasteiger partial charge in [0.2, 0.25) is 5.75 Å². The minimum absolute atomic E-state index is 0.194. The maximum atomic E-state index is 12.7. The number of nitrogens with zero attached hydrogens (tertiary/aromatic N) is 3. The van der Waals surface area contributed by atoms with Crippen molar-refractivity contribution in [2.75, 3.05) is 45.8 Å². The van der Waals surface area contributed by atoms with Gasteiger partial charge in [-0.15, -0.1) is 0 Å². The molecule has 10 nitrogen and oxygen atoms in total. The molecule has 164 valence electrons. The van der Waals surface area contributed by atoms with E-state index < -0.39 is 5.91 Å². The standard InChI is InChI=1S/C20H29N5O5/c1-5-24(6-2)7-8-25-12-15(11-22-25)23-20(27)14-9-16(28-3)19(17(10-14)29-4)30-13-18(21)26/h9-12H,5-8,13H2,1-4H3,(H2,21,26)(H,23,27). The molecule has 10 heteroatoms. The van der Waals surface area contributed by atoms with E-state index in [0.717, 1.165) is 26.2 Å². The van der Waals surface area contributed by atoms with Crippen LogP contribution in [0, 0.1) is 0 Å². The first-order chi connectivity index (χ1) is 14.4. The zero-order chi connectivity index (χ0) is 22.1. The number of likely N-dealkylation sites (N-methyl/N-ethyl adjacent to an activating group) is 1. The minimum atomic E-state index is -0.640. The third-order valence-corrected chi connectivity index (χ3v) is 4.51. The third kappa shape index (κ3) is 6.11. The van der Waals surface area contributed by atoms with Gasteiger partial charge >= 0.3 is 0 Å². The number of carbonyl (C=O) groups is 2. The van der Waals surface area contributed by atoms with Crippen molar-refractivity contribution < 1.29 is 23.8 Å². The highest BCUT2D eigenvalue weighted by Gasteiger charge is 2.19. The fraction of sp³-hybridized carbons (Fsp3) is 0.450. The number of hydrogen-bond donors (Lipinski definition) is 2. The number of ether oxygens (including phenoxy) is 3. The topological polar surface area (TPSA) is 121 Å². The zero-order valence-corrected chi connectivity index (χ0v) is 17.8. The van der Waals surface area contributed by atoms with Crippen LogP contribution in [0.5, 0.6) is 17.2 Å². The number of anilines is 1. The van der Waals surface area contributed by atoms with E-state index in [1.807, 2.05) is 0 Å². The lowest BCUT2D eigenvalue weighted by atomic mass is 10.1. The molecule has 1 aromatic heterocycles. The van der Waals surface area contributed by atoms with Crippen LogP contribution in [0.15, 0.2) is 24.5 Å². The van der Waals surface area contributed by atoms with Crippen LogP contribution >= 0.6 is 0 Å². The van der Waals surface area contributed by atoms with Gasteiger partial charge in [0, 0.05) is 18.3 Å². The van der Waals surface area contributed by atoms with Crippen molar-refractivity contribution in [3.8, 4) is 17.2 Å². The Morgan fingerprint density at radius 2 is 1.80 bits per heavy atom. The molecule has 30 heavy (non-hydrogen) atoms. The molecule has 0 aliphatic carbocycles. The second-order valence-electron chi connectivity index (χ2n) is 6.44. The van der Waals surface area contributed by atoms with Gasteiger partial charge in [0.1, 0.15) is 0 Å². The Kier molecular flexibility index (Phi) is 8.48. The van der Waals surface area contributed by atoms with Crippen LogP contribution in [0.25, 0.3) is 0 Å². The molecule has 2 amide bonds. The third-order valence-electron chi connectivity index (χ3n) is 4.51. The first kappa shape index (κ1) is 23.0. The van der Waals surface area contributed by atoms with Gasteiger partial charge in [0.15, 0.2) is 18.1 Å². The number of nitrogens with one attached hydrogen (secondary N) is 1. The molecule has 0 bridgehead atoms. The van der Waals surface area contributed by atoms with Crippen molar-refractivity contribution in [2.45, 2.75) is 20.4 Å². The van der Waals surface area contributed by atoms with Crippen LogP contribution in [-0.2, 0) is 11.3 Å². The molecule has 2 aromatic rings. The van der Waals surface area contributed by atoms with E-state index in [1.54, 1.807) is 17.1 Å². The van der Waals surface area contributed by atoms with E-state index >= 15 is 0 Å². The maximum absolute atomic E-state index is 12.7. The van der Waals surface area contributed by atoms with E-state index in [4.69, 9.17) is 19.9 Å². The molecule has 0 aliphatic rings. The Balaban J connectivity index is 2.12. The lowest BCUT2D eigenvalue weighted by Crippen LogP contribution is -2.27. The van der Waals surface area contributed by atoms with Crippen molar-refractivity contribution in [1.82, 2.24) is 14.7 Å². The highest BCUT2D eigenvalue weighted by atomic mass is 16.5. The number of primary amides is 1. The number of aromatic nitrogens is 2. The van der Waals surface area contributed by atoms with E-state index in [1.165, 1.54) is 26.4 Å². The number of carbonyl (C=O) groups excluding carboxylic acids is 2. The molecule has 0 fully saturated rings. The molecule has 0 spiro atoms. The van der Waals surface area contributed by atoms with Gasteiger partial charge in [-0.05, 0) is 25.2 Å². The smallest absolute Gasteiger partial charge is 0.256 e. The van der Waals surface area contributed by atoms with E-state index in [9.17, 15) is 9.59 Å². The second-order valence-corrected chi connectivity index (χ2v) is 6.44. The summed E-state index contributed by atoms with van der Waals surface area (Å²) in [6, 6.07) is 3.00. The number of nitrogens with two attached hydrogens (primary N) is 1. The summed E-state index contributed by atoms with van der Waals surface area (Å²) in [5.74, 6) is -0.318. The summed E-state index contributed by atoms with van der Waals surface area (Å²) in [6.07, 6.45) is 3.37. The summed E-state index contributed by atoms with van der Waals surface area (Å²) in [7, 11) is 2.85. The quantitative estimate of drug-likeness (QED) is 0.533. The molecule has 0 saturated heterocycles. The highest BCUT2D eigenvalue weighted by molar-refractivity contribution is 6.05. The lowest BCUT2D eigenvalue weighted by molar-refractivity contribution is -0.120. The molecule has 3 N–H and O–H groups in total. The molecular formula is C20H29N5O5. The summed E-state index contributed by atoms with van der Waals surface area (Å²) in [6.45, 7) is 7.45. The Morgan fingerprint density at radius 3 is 2.33 bits per heavy atom. The van der Waals surface area contributed by atoms with Gasteiger partial charge in [-0.1, -0.05) is 13.8 Å². The van der Waals surface area contributed by atoms with Gasteiger partial charge in [-0.2, -0.15) is 5.10 Å². The van der Waals surface area contributed by atoms with E-state index in [-0.39, 0.29) is 29.8 Å². The minimum Gasteiger partial charge on any atom is -0.493 e. The van der Waals surface area contributed by atoms with E-state index in [0.29, 0.717) is 11.3 Å². The van der Waals surface area contributed by atoms with Gasteiger partial charge < -0.3 is 30.2 Å². The van der Waals surface area contributed by atoms with Crippen LogP contribution < -0.4 is 25.3 Å². The Labute approximate surface area is 175 Å². The predicted octanol–water partition coefficient (Wildman–Crippen LogP) is 1.36. The second kappa shape index (κ2) is 11.1. The zero-order valence-electron chi connectivity index (χ0n) is 17.8. The fourth-order valence-corrected chi connectivity index (χ4v) is 2.83. The van der Waals surface area contributed by atoms with Crippen molar-refractivity contribution in [3.63, 3.8) is 0 Å². The summed E-state index contributed by atoms with van der Waals surface area (Å²) in [5, 5.41) is 7.09. The molecule has 0 aliphatic heterocycles. The number of benzene rings is 1. The largest absolute Gasteiger partial charge is 0.493 e. The monoisotopic (exact) mass is 419 g/mol. The first-order valence-electron chi connectivity index (χ1n) is 9.65. The number of rotatable bonds is 12. The van der Waals surface area contributed by atoms with Gasteiger partial charge in [0.05, 0.1) is 32.6 Å². The molecule has 0 atom stereocenters. The average Bonchev–Trinajstić information content (AvgIpc) is 3.19. The number of hydrogen-bond acceptors (Lipinski definition) is 7. The van der Waals surface area contributed by atoms with Gasteiger partial charge in [-0.25, -0.2) is 0 Å². The van der Waals surface area contributed by atoms with Crippen LogP contribution in [0.2, 0.25) is 0 Å².